The van der Waals surface area contributed by atoms with Crippen molar-refractivity contribution < 1.29 is 38.4 Å². The Hall–Kier alpha value is -4.77. The van der Waals surface area contributed by atoms with Crippen LogP contribution < -0.4 is 0 Å². The molecule has 0 amide bonds. The van der Waals surface area contributed by atoms with E-state index in [-0.39, 0.29) is 37.9 Å². The third-order valence-electron chi connectivity index (χ3n) is 9.67. The summed E-state index contributed by atoms with van der Waals surface area (Å²) in [6.07, 6.45) is -3.79. The zero-order valence-corrected chi connectivity index (χ0v) is 30.2. The number of benzene rings is 5. The number of esters is 2. The van der Waals surface area contributed by atoms with Crippen LogP contribution in [-0.2, 0) is 41.7 Å². The highest BCUT2D eigenvalue weighted by atomic mass is 32.2. The van der Waals surface area contributed by atoms with Gasteiger partial charge in [-0.25, -0.2) is 9.59 Å². The molecule has 1 fully saturated rings. The van der Waals surface area contributed by atoms with Crippen molar-refractivity contribution in [2.75, 3.05) is 19.0 Å². The number of thioether (sulfide) groups is 1. The topological polar surface area (TPSA) is 101 Å². The van der Waals surface area contributed by atoms with E-state index in [9.17, 15) is 14.7 Å². The van der Waals surface area contributed by atoms with Gasteiger partial charge in [0.2, 0.25) is 5.60 Å². The van der Waals surface area contributed by atoms with Crippen LogP contribution in [0.1, 0.15) is 45.5 Å². The molecule has 0 aromatic heterocycles. The molecule has 0 spiro atoms. The molecule has 0 saturated carbocycles. The lowest BCUT2D eigenvalue weighted by atomic mass is 9.84. The van der Waals surface area contributed by atoms with E-state index in [1.807, 2.05) is 104 Å². The minimum atomic E-state index is -2.50. The summed E-state index contributed by atoms with van der Waals surface area (Å²) in [5.74, 6) is -1.42. The van der Waals surface area contributed by atoms with Crippen LogP contribution in [0.5, 0.6) is 0 Å². The Morgan fingerprint density at radius 3 is 1.85 bits per heavy atom. The highest BCUT2D eigenvalue weighted by molar-refractivity contribution is 7.99. The minimum absolute atomic E-state index is 0.0204. The van der Waals surface area contributed by atoms with Crippen LogP contribution in [-0.4, -0.2) is 65.4 Å². The van der Waals surface area contributed by atoms with Crippen LogP contribution in [0.4, 0.5) is 0 Å². The Balaban J connectivity index is 1.24. The van der Waals surface area contributed by atoms with E-state index in [1.54, 1.807) is 30.3 Å². The van der Waals surface area contributed by atoms with E-state index < -0.39 is 41.3 Å². The smallest absolute Gasteiger partial charge is 0.345 e. The highest BCUT2D eigenvalue weighted by Crippen LogP contribution is 2.45. The average molecular weight is 731 g/mol. The number of ether oxygens (including phenoxy) is 5. The van der Waals surface area contributed by atoms with E-state index in [2.05, 4.69) is 12.1 Å². The number of carbonyl (C=O) groups is 2. The summed E-state index contributed by atoms with van der Waals surface area (Å²) in [6.45, 7) is 2.16. The summed E-state index contributed by atoms with van der Waals surface area (Å²) in [7, 11) is 0. The fraction of sp³-hybridized carbons (Fsp3) is 0.273. The van der Waals surface area contributed by atoms with Crippen LogP contribution in [0.25, 0.3) is 11.1 Å². The van der Waals surface area contributed by atoms with Crippen molar-refractivity contribution in [1.29, 1.82) is 0 Å². The maximum absolute atomic E-state index is 14.8. The average Bonchev–Trinajstić information content (AvgIpc) is 3.52. The molecule has 9 heteroatoms. The molecule has 0 radical (unpaired) electrons. The summed E-state index contributed by atoms with van der Waals surface area (Å²) in [6, 6.07) is 43.6. The molecule has 1 aliphatic heterocycles. The predicted octanol–water partition coefficient (Wildman–Crippen LogP) is 7.58. The number of fused-ring (bicyclic) bond motifs is 3. The standard InChI is InChI=1S/C44H42O8S/c1-2-53-42-40(52-41(45)32-20-10-5-11-21-32)44(47,43(46)50-28-37-35-24-14-12-22-33(35)34-23-13-15-25-36(34)37)39(49-27-31-18-8-4-9-19-31)38(51-42)29-48-26-30-16-6-3-7-17-30/h3-25,37-40,42,47H,2,26-29H2,1H3. The number of rotatable bonds is 14. The molecule has 5 aromatic carbocycles. The van der Waals surface area contributed by atoms with Crippen LogP contribution in [0.3, 0.4) is 0 Å². The van der Waals surface area contributed by atoms with Crippen molar-refractivity contribution in [2.24, 2.45) is 0 Å². The molecule has 53 heavy (non-hydrogen) atoms. The Kier molecular flexibility index (Phi) is 11.7. The number of carbonyl (C=O) groups excluding carboxylic acids is 2. The van der Waals surface area contributed by atoms with Gasteiger partial charge in [-0.1, -0.05) is 134 Å². The van der Waals surface area contributed by atoms with Crippen LogP contribution in [0.15, 0.2) is 140 Å². The van der Waals surface area contributed by atoms with Crippen molar-refractivity contribution in [3.05, 3.63) is 167 Å². The second-order valence-corrected chi connectivity index (χ2v) is 14.4. The molecular weight excluding hydrogens is 689 g/mol. The monoisotopic (exact) mass is 730 g/mol. The van der Waals surface area contributed by atoms with Gasteiger partial charge in [0.1, 0.15) is 24.3 Å². The van der Waals surface area contributed by atoms with Gasteiger partial charge in [-0.05, 0) is 51.3 Å². The van der Waals surface area contributed by atoms with Crippen molar-refractivity contribution in [2.45, 2.75) is 55.4 Å². The number of hydrogen-bond donors (Lipinski definition) is 1. The van der Waals surface area contributed by atoms with Crippen molar-refractivity contribution in [3.63, 3.8) is 0 Å². The highest BCUT2D eigenvalue weighted by Gasteiger charge is 2.64. The lowest BCUT2D eigenvalue weighted by Gasteiger charge is -2.49. The normalized spacial score (nSPS) is 22.1. The quantitative estimate of drug-likeness (QED) is 0.116. The van der Waals surface area contributed by atoms with E-state index in [0.717, 1.165) is 33.4 Å². The van der Waals surface area contributed by atoms with Crippen LogP contribution in [0, 0.1) is 0 Å². The lowest BCUT2D eigenvalue weighted by molar-refractivity contribution is -0.273. The van der Waals surface area contributed by atoms with Crippen LogP contribution >= 0.6 is 11.8 Å². The predicted molar refractivity (Wildman–Crippen MR) is 203 cm³/mol. The summed E-state index contributed by atoms with van der Waals surface area (Å²) in [4.78, 5) is 28.5. The molecule has 272 valence electrons. The van der Waals surface area contributed by atoms with Gasteiger partial charge >= 0.3 is 11.9 Å². The molecule has 8 nitrogen and oxygen atoms in total. The summed E-state index contributed by atoms with van der Waals surface area (Å²) in [5.41, 5.74) is 2.76. The molecule has 0 bridgehead atoms. The number of hydrogen-bond acceptors (Lipinski definition) is 9. The fourth-order valence-electron chi connectivity index (χ4n) is 7.10. The van der Waals surface area contributed by atoms with Gasteiger partial charge in [-0.15, -0.1) is 11.8 Å². The second kappa shape index (κ2) is 16.9. The fourth-order valence-corrected chi connectivity index (χ4v) is 8.08. The Labute approximate surface area is 314 Å². The van der Waals surface area contributed by atoms with Crippen molar-refractivity contribution in [3.8, 4) is 11.1 Å². The SMILES string of the molecule is CCSC1OC(COCc2ccccc2)C(OCc2ccccc2)C(O)(C(=O)OCC2c3ccccc3-c3ccccc32)C1OC(=O)c1ccccc1. The molecular formula is C44H42O8S. The molecule has 5 atom stereocenters. The van der Waals surface area contributed by atoms with Gasteiger partial charge in [0.05, 0.1) is 25.4 Å². The zero-order valence-electron chi connectivity index (χ0n) is 29.4. The first-order valence-electron chi connectivity index (χ1n) is 17.9. The molecule has 1 N–H and O–H groups in total. The van der Waals surface area contributed by atoms with E-state index in [4.69, 9.17) is 23.7 Å². The summed E-state index contributed by atoms with van der Waals surface area (Å²) < 4.78 is 31.5. The summed E-state index contributed by atoms with van der Waals surface area (Å²) >= 11 is 1.31. The Morgan fingerprint density at radius 2 is 1.25 bits per heavy atom. The molecule has 1 aliphatic carbocycles. The third-order valence-corrected chi connectivity index (χ3v) is 10.7. The summed E-state index contributed by atoms with van der Waals surface area (Å²) in [5, 5.41) is 13.1. The molecule has 1 saturated heterocycles. The Morgan fingerprint density at radius 1 is 0.698 bits per heavy atom. The van der Waals surface area contributed by atoms with Gasteiger partial charge in [0.25, 0.3) is 0 Å². The first-order chi connectivity index (χ1) is 26.0. The maximum atomic E-state index is 14.8. The van der Waals surface area contributed by atoms with Gasteiger partial charge in [-0.2, -0.15) is 0 Å². The largest absolute Gasteiger partial charge is 0.462 e. The first-order valence-corrected chi connectivity index (χ1v) is 18.9. The third kappa shape index (κ3) is 7.95. The zero-order chi connectivity index (χ0) is 36.6. The molecule has 7 rings (SSSR count). The van der Waals surface area contributed by atoms with Gasteiger partial charge in [0.15, 0.2) is 6.10 Å². The lowest BCUT2D eigenvalue weighted by Crippen LogP contribution is -2.72. The molecule has 1 heterocycles. The van der Waals surface area contributed by atoms with Crippen molar-refractivity contribution in [1.82, 2.24) is 0 Å². The Bertz CT molecular complexity index is 1930. The molecule has 5 aromatic rings. The minimum Gasteiger partial charge on any atom is -0.462 e. The van der Waals surface area contributed by atoms with Gasteiger partial charge in [0, 0.05) is 5.92 Å². The van der Waals surface area contributed by atoms with E-state index in [0.29, 0.717) is 5.75 Å². The van der Waals surface area contributed by atoms with Gasteiger partial charge in [-0.3, -0.25) is 0 Å². The molecule has 5 unspecified atom stereocenters. The molecule has 2 aliphatic rings. The maximum Gasteiger partial charge on any atom is 0.345 e. The van der Waals surface area contributed by atoms with E-state index >= 15 is 0 Å². The number of aliphatic hydroxyl groups is 1. The second-order valence-electron chi connectivity index (χ2n) is 13.1. The van der Waals surface area contributed by atoms with E-state index in [1.165, 1.54) is 11.8 Å². The van der Waals surface area contributed by atoms with Crippen molar-refractivity contribution >= 4 is 23.7 Å². The van der Waals surface area contributed by atoms with Crippen LogP contribution in [0.2, 0.25) is 0 Å². The van der Waals surface area contributed by atoms with Gasteiger partial charge < -0.3 is 28.8 Å². The first kappa shape index (κ1) is 36.6.